The van der Waals surface area contributed by atoms with Crippen molar-refractivity contribution in [1.82, 2.24) is 19.7 Å². The molecule has 0 N–H and O–H groups in total. The predicted molar refractivity (Wildman–Crippen MR) is 115 cm³/mol. The molecule has 2 aromatic heterocycles. The molecule has 0 radical (unpaired) electrons. The van der Waals surface area contributed by atoms with Crippen LogP contribution in [-0.4, -0.2) is 38.7 Å². The quantitative estimate of drug-likeness (QED) is 0.601. The molecule has 1 amide bonds. The van der Waals surface area contributed by atoms with E-state index in [2.05, 4.69) is 18.9 Å². The summed E-state index contributed by atoms with van der Waals surface area (Å²) in [7, 11) is 1.99. The second-order valence-corrected chi connectivity index (χ2v) is 8.92. The highest BCUT2D eigenvalue weighted by Crippen LogP contribution is 2.47. The molecule has 1 aromatic carbocycles. The summed E-state index contributed by atoms with van der Waals surface area (Å²) in [6.07, 6.45) is 6.83. The highest BCUT2D eigenvalue weighted by molar-refractivity contribution is 6.06. The molecule has 5 heteroatoms. The topological polar surface area (TPSA) is 51.0 Å². The third kappa shape index (κ3) is 3.33. The summed E-state index contributed by atoms with van der Waals surface area (Å²) in [5.41, 5.74) is 3.34. The van der Waals surface area contributed by atoms with Crippen molar-refractivity contribution in [3.05, 3.63) is 48.2 Å². The van der Waals surface area contributed by atoms with Crippen molar-refractivity contribution in [2.75, 3.05) is 7.05 Å². The number of nitrogens with zero attached hydrogens (tertiary/aromatic N) is 4. The van der Waals surface area contributed by atoms with E-state index >= 15 is 0 Å². The van der Waals surface area contributed by atoms with Crippen molar-refractivity contribution >= 4 is 16.9 Å². The number of aromatic nitrogens is 3. The van der Waals surface area contributed by atoms with Crippen molar-refractivity contribution in [3.8, 4) is 11.3 Å². The van der Waals surface area contributed by atoms with Crippen LogP contribution in [0.5, 0.6) is 0 Å². The van der Waals surface area contributed by atoms with Gasteiger partial charge in [0.15, 0.2) is 5.65 Å². The lowest BCUT2D eigenvalue weighted by Gasteiger charge is -2.29. The molecule has 2 aliphatic carbocycles. The molecule has 29 heavy (non-hydrogen) atoms. The van der Waals surface area contributed by atoms with E-state index in [4.69, 9.17) is 4.98 Å². The normalized spacial score (nSPS) is 16.7. The largest absolute Gasteiger partial charge is 0.338 e. The minimum Gasteiger partial charge on any atom is -0.338 e. The van der Waals surface area contributed by atoms with Crippen molar-refractivity contribution in [2.45, 2.75) is 51.6 Å². The zero-order valence-corrected chi connectivity index (χ0v) is 17.4. The molecule has 5 nitrogen and oxygen atoms in total. The lowest BCUT2D eigenvalue weighted by atomic mass is 10.0. The lowest BCUT2D eigenvalue weighted by Crippen LogP contribution is -2.40. The van der Waals surface area contributed by atoms with Crippen LogP contribution in [-0.2, 0) is 0 Å². The Morgan fingerprint density at radius 2 is 1.76 bits per heavy atom. The monoisotopic (exact) mass is 388 g/mol. The van der Waals surface area contributed by atoms with Gasteiger partial charge in [0.1, 0.15) is 0 Å². The van der Waals surface area contributed by atoms with Crippen LogP contribution in [0.25, 0.3) is 22.3 Å². The van der Waals surface area contributed by atoms with E-state index in [9.17, 15) is 4.79 Å². The molecule has 3 aromatic rings. The smallest absolute Gasteiger partial charge is 0.254 e. The fraction of sp³-hybridized carbons (Fsp3) is 0.458. The van der Waals surface area contributed by atoms with Gasteiger partial charge < -0.3 is 4.90 Å². The third-order valence-electron chi connectivity index (χ3n) is 6.33. The summed E-state index contributed by atoms with van der Waals surface area (Å²) < 4.78 is 1.91. The van der Waals surface area contributed by atoms with E-state index in [1.54, 1.807) is 6.20 Å². The Hall–Kier alpha value is -2.69. The first kappa shape index (κ1) is 18.3. The van der Waals surface area contributed by atoms with E-state index in [-0.39, 0.29) is 11.9 Å². The number of benzene rings is 1. The molecule has 0 aliphatic heterocycles. The highest BCUT2D eigenvalue weighted by Gasteiger charge is 2.45. The highest BCUT2D eigenvalue weighted by atomic mass is 16.2. The first-order chi connectivity index (χ1) is 14.0. The van der Waals surface area contributed by atoms with E-state index in [1.807, 2.05) is 53.0 Å². The van der Waals surface area contributed by atoms with Gasteiger partial charge in [-0.25, -0.2) is 9.67 Å². The summed E-state index contributed by atoms with van der Waals surface area (Å²) >= 11 is 0. The van der Waals surface area contributed by atoms with Crippen LogP contribution >= 0.6 is 0 Å². The molecular formula is C24H28N4O. The van der Waals surface area contributed by atoms with Crippen molar-refractivity contribution in [1.29, 1.82) is 0 Å². The van der Waals surface area contributed by atoms with Gasteiger partial charge in [-0.3, -0.25) is 4.79 Å². The van der Waals surface area contributed by atoms with E-state index in [1.165, 1.54) is 25.7 Å². The number of rotatable bonds is 6. The predicted octanol–water partition coefficient (Wildman–Crippen LogP) is 4.94. The zero-order valence-electron chi connectivity index (χ0n) is 17.4. The average Bonchev–Trinajstić information content (AvgIpc) is 3.67. The molecule has 150 valence electrons. The van der Waals surface area contributed by atoms with Gasteiger partial charge in [0.25, 0.3) is 5.91 Å². The maximum Gasteiger partial charge on any atom is 0.254 e. The van der Waals surface area contributed by atoms with Gasteiger partial charge in [0.2, 0.25) is 0 Å². The van der Waals surface area contributed by atoms with Gasteiger partial charge in [0.05, 0.1) is 22.8 Å². The second kappa shape index (κ2) is 6.97. The minimum atomic E-state index is 0.0988. The number of pyridine rings is 1. The summed E-state index contributed by atoms with van der Waals surface area (Å²) in [6.45, 7) is 4.18. The number of hydrogen-bond donors (Lipinski definition) is 0. The Morgan fingerprint density at radius 1 is 1.10 bits per heavy atom. The average molecular weight is 389 g/mol. The summed E-state index contributed by atoms with van der Waals surface area (Å²) in [4.78, 5) is 20.6. The number of carbonyl (C=O) groups excluding carboxylic acids is 1. The van der Waals surface area contributed by atoms with Gasteiger partial charge in [-0.15, -0.1) is 0 Å². The Balaban J connectivity index is 1.62. The summed E-state index contributed by atoms with van der Waals surface area (Å²) in [5, 5.41) is 5.40. The lowest BCUT2D eigenvalue weighted by molar-refractivity contribution is 0.0692. The Bertz CT molecular complexity index is 1040. The van der Waals surface area contributed by atoms with Crippen LogP contribution in [0.1, 0.15) is 55.9 Å². The number of amides is 1. The molecule has 0 saturated heterocycles. The van der Waals surface area contributed by atoms with E-state index < -0.39 is 0 Å². The molecule has 0 unspecified atom stereocenters. The van der Waals surface area contributed by atoms with Gasteiger partial charge in [0, 0.05) is 24.7 Å². The third-order valence-corrected chi connectivity index (χ3v) is 6.33. The molecule has 2 saturated carbocycles. The maximum atomic E-state index is 13.7. The van der Waals surface area contributed by atoms with Gasteiger partial charge in [-0.2, -0.15) is 5.10 Å². The van der Waals surface area contributed by atoms with Crippen molar-refractivity contribution in [3.63, 3.8) is 0 Å². The molecule has 2 aliphatic rings. The number of fused-ring (bicyclic) bond motifs is 1. The Kier molecular flexibility index (Phi) is 4.41. The molecule has 0 spiro atoms. The molecule has 0 bridgehead atoms. The Morgan fingerprint density at radius 3 is 2.34 bits per heavy atom. The van der Waals surface area contributed by atoms with Gasteiger partial charge in [-0.1, -0.05) is 30.3 Å². The number of carbonyl (C=O) groups is 1. The van der Waals surface area contributed by atoms with E-state index in [0.717, 1.165) is 27.9 Å². The maximum absolute atomic E-state index is 13.7. The van der Waals surface area contributed by atoms with Crippen LogP contribution < -0.4 is 0 Å². The van der Waals surface area contributed by atoms with Crippen LogP contribution in [0.2, 0.25) is 0 Å². The standard InChI is InChI=1S/C24H28N4O/c1-15(2)28-23-20(14-25-28)19(13-21(26-23)16-7-5-4-6-8-16)24(29)27(3)22(17-9-10-17)18-11-12-18/h4-8,13-15,17-18,22H,9-12H2,1-3H3. The summed E-state index contributed by atoms with van der Waals surface area (Å²) in [5.74, 6) is 1.46. The molecule has 5 rings (SSSR count). The fourth-order valence-electron chi connectivity index (χ4n) is 4.55. The zero-order chi connectivity index (χ0) is 20.1. The molecule has 2 heterocycles. The molecule has 2 fully saturated rings. The van der Waals surface area contributed by atoms with Crippen molar-refractivity contribution < 1.29 is 4.79 Å². The van der Waals surface area contributed by atoms with Gasteiger partial charge in [-0.05, 0) is 57.4 Å². The molecule has 0 atom stereocenters. The van der Waals surface area contributed by atoms with Gasteiger partial charge >= 0.3 is 0 Å². The Labute approximate surface area is 171 Å². The first-order valence-electron chi connectivity index (χ1n) is 10.8. The van der Waals surface area contributed by atoms with E-state index in [0.29, 0.717) is 17.9 Å². The SMILES string of the molecule is CC(C)n1ncc2c(C(=O)N(C)C(C3CC3)C3CC3)cc(-c3ccccc3)nc21. The molecular weight excluding hydrogens is 360 g/mol. The summed E-state index contributed by atoms with van der Waals surface area (Å²) in [6, 6.07) is 12.6. The first-order valence-corrected chi connectivity index (χ1v) is 10.8. The van der Waals surface area contributed by atoms with Crippen molar-refractivity contribution in [2.24, 2.45) is 11.8 Å². The van der Waals surface area contributed by atoms with Crippen LogP contribution in [0.3, 0.4) is 0 Å². The second-order valence-electron chi connectivity index (χ2n) is 8.92. The van der Waals surface area contributed by atoms with Crippen LogP contribution in [0.15, 0.2) is 42.6 Å². The number of hydrogen-bond acceptors (Lipinski definition) is 3. The van der Waals surface area contributed by atoms with Crippen LogP contribution in [0, 0.1) is 11.8 Å². The van der Waals surface area contributed by atoms with Crippen LogP contribution in [0.4, 0.5) is 0 Å². The minimum absolute atomic E-state index is 0.0988. The fourth-order valence-corrected chi connectivity index (χ4v) is 4.55.